The van der Waals surface area contributed by atoms with E-state index in [9.17, 15) is 4.79 Å². The molecule has 0 saturated carbocycles. The lowest BCUT2D eigenvalue weighted by Crippen LogP contribution is -2.35. The minimum Gasteiger partial charge on any atom is -0.482 e. The van der Waals surface area contributed by atoms with E-state index in [2.05, 4.69) is 15.2 Å². The molecule has 0 aliphatic carbocycles. The summed E-state index contributed by atoms with van der Waals surface area (Å²) in [4.78, 5) is 18.8. The van der Waals surface area contributed by atoms with Crippen molar-refractivity contribution >= 4 is 28.7 Å². The summed E-state index contributed by atoms with van der Waals surface area (Å²) in [5.41, 5.74) is 2.80. The number of amides is 1. The van der Waals surface area contributed by atoms with Gasteiger partial charge in [-0.15, -0.1) is 11.3 Å². The highest BCUT2D eigenvalue weighted by molar-refractivity contribution is 7.07. The van der Waals surface area contributed by atoms with Gasteiger partial charge in [-0.1, -0.05) is 0 Å². The van der Waals surface area contributed by atoms with Crippen LogP contribution < -0.4 is 14.4 Å². The molecule has 0 fully saturated rings. The number of hydrogen-bond acceptors (Lipinski definition) is 5. The van der Waals surface area contributed by atoms with Gasteiger partial charge >= 0.3 is 0 Å². The Morgan fingerprint density at radius 2 is 2.21 bits per heavy atom. The molecule has 0 atom stereocenters. The predicted molar refractivity (Wildman–Crippen MR) is 91.4 cm³/mol. The van der Waals surface area contributed by atoms with E-state index in [1.165, 1.54) is 0 Å². The van der Waals surface area contributed by atoms with Crippen LogP contribution in [0.1, 0.15) is 0 Å². The van der Waals surface area contributed by atoms with Crippen LogP contribution in [-0.2, 0) is 11.8 Å². The van der Waals surface area contributed by atoms with E-state index in [0.717, 1.165) is 27.5 Å². The van der Waals surface area contributed by atoms with Crippen LogP contribution in [0.15, 0.2) is 40.8 Å². The summed E-state index contributed by atoms with van der Waals surface area (Å²) in [7, 11) is 3.73. The first-order valence-electron chi connectivity index (χ1n) is 7.36. The highest BCUT2D eigenvalue weighted by Crippen LogP contribution is 2.35. The number of aromatic nitrogens is 3. The number of anilines is 1. The molecule has 4 rings (SSSR count). The van der Waals surface area contributed by atoms with Gasteiger partial charge in [0, 0.05) is 31.1 Å². The Hall–Kier alpha value is -2.87. The molecule has 1 aromatic carbocycles. The molecule has 1 aliphatic rings. The molecule has 0 spiro atoms. The fraction of sp³-hybridized carbons (Fsp3) is 0.188. The van der Waals surface area contributed by atoms with Crippen molar-refractivity contribution in [3.05, 3.63) is 40.6 Å². The number of carbonyl (C=O) groups excluding carboxylic acids is 1. The molecule has 3 heterocycles. The van der Waals surface area contributed by atoms with Crippen molar-refractivity contribution in [2.75, 3.05) is 18.6 Å². The van der Waals surface area contributed by atoms with Crippen LogP contribution in [0, 0.1) is 0 Å². The maximum atomic E-state index is 11.8. The van der Waals surface area contributed by atoms with E-state index in [1.807, 2.05) is 41.3 Å². The Balaban J connectivity index is 1.78. The monoisotopic (exact) mass is 341 g/mol. The summed E-state index contributed by atoms with van der Waals surface area (Å²) < 4.78 is 7.49. The smallest absolute Gasteiger partial charge is 0.264 e. The van der Waals surface area contributed by atoms with Crippen LogP contribution in [0.25, 0.3) is 11.3 Å². The van der Waals surface area contributed by atoms with Crippen molar-refractivity contribution in [2.24, 2.45) is 12.0 Å². The van der Waals surface area contributed by atoms with Gasteiger partial charge in [0.2, 0.25) is 0 Å². The minimum absolute atomic E-state index is 0.0516. The van der Waals surface area contributed by atoms with Crippen LogP contribution in [0.4, 0.5) is 11.5 Å². The second-order valence-electron chi connectivity index (χ2n) is 5.44. The summed E-state index contributed by atoms with van der Waals surface area (Å²) in [5, 5.41) is 8.78. The van der Waals surface area contributed by atoms with Crippen molar-refractivity contribution in [3.63, 3.8) is 0 Å². The molecule has 1 aliphatic heterocycles. The number of ether oxygens (including phenoxy) is 1. The van der Waals surface area contributed by atoms with E-state index in [-0.39, 0.29) is 12.5 Å². The third-order valence-corrected chi connectivity index (χ3v) is 4.88. The number of carbonyl (C=O) groups is 1. The van der Waals surface area contributed by atoms with Gasteiger partial charge in [0.1, 0.15) is 5.75 Å². The fourth-order valence-electron chi connectivity index (χ4n) is 2.58. The molecule has 0 saturated heterocycles. The third kappa shape index (κ3) is 2.41. The Labute approximate surface area is 141 Å². The molecule has 2 aromatic heterocycles. The second-order valence-corrected chi connectivity index (χ2v) is 6.28. The topological polar surface area (TPSA) is 75.5 Å². The van der Waals surface area contributed by atoms with Crippen molar-refractivity contribution in [3.8, 4) is 17.0 Å². The highest BCUT2D eigenvalue weighted by Gasteiger charge is 2.22. The van der Waals surface area contributed by atoms with Crippen LogP contribution in [-0.4, -0.2) is 34.3 Å². The number of likely N-dealkylation sites (N-methyl/N-ethyl adjacent to an activating group) is 1. The number of H-pyrrole nitrogens is 1. The minimum atomic E-state index is -0.0516. The van der Waals surface area contributed by atoms with Crippen LogP contribution in [0.2, 0.25) is 0 Å². The average molecular weight is 341 g/mol. The Morgan fingerprint density at radius 1 is 1.33 bits per heavy atom. The fourth-order valence-corrected chi connectivity index (χ4v) is 3.50. The van der Waals surface area contributed by atoms with Gasteiger partial charge in [-0.05, 0) is 18.2 Å². The molecule has 122 valence electrons. The molecular formula is C16H15N5O2S. The lowest BCUT2D eigenvalue weighted by molar-refractivity contribution is -0.120. The first kappa shape index (κ1) is 14.7. The molecule has 7 nitrogen and oxygen atoms in total. The normalized spacial score (nSPS) is 14.7. The molecule has 1 N–H and O–H groups in total. The number of fused-ring (bicyclic) bond motifs is 1. The predicted octanol–water partition coefficient (Wildman–Crippen LogP) is 2.06. The van der Waals surface area contributed by atoms with Gasteiger partial charge in [-0.2, -0.15) is 5.10 Å². The zero-order valence-corrected chi connectivity index (χ0v) is 14.0. The molecule has 0 unspecified atom stereocenters. The summed E-state index contributed by atoms with van der Waals surface area (Å²) in [6.45, 7) is 0.0856. The van der Waals surface area contributed by atoms with E-state index in [0.29, 0.717) is 5.82 Å². The summed E-state index contributed by atoms with van der Waals surface area (Å²) >= 11 is 1.54. The Morgan fingerprint density at radius 3 is 3.00 bits per heavy atom. The number of nitrogens with zero attached hydrogens (tertiary/aromatic N) is 4. The molecule has 8 heteroatoms. The molecule has 1 amide bonds. The lowest BCUT2D eigenvalue weighted by Gasteiger charge is -2.26. The van der Waals surface area contributed by atoms with E-state index in [4.69, 9.17) is 4.74 Å². The van der Waals surface area contributed by atoms with E-state index in [1.54, 1.807) is 29.5 Å². The quantitative estimate of drug-likeness (QED) is 0.775. The lowest BCUT2D eigenvalue weighted by atomic mass is 10.1. The molecule has 24 heavy (non-hydrogen) atoms. The van der Waals surface area contributed by atoms with E-state index < -0.39 is 0 Å². The van der Waals surface area contributed by atoms with Crippen LogP contribution in [0.5, 0.6) is 5.75 Å². The van der Waals surface area contributed by atoms with Crippen LogP contribution in [0.3, 0.4) is 0 Å². The number of hydrogen-bond donors (Lipinski definition) is 1. The number of nitrogens with one attached hydrogen (secondary N) is 1. The summed E-state index contributed by atoms with van der Waals surface area (Å²) in [6, 6.07) is 7.67. The van der Waals surface area contributed by atoms with Crippen molar-refractivity contribution in [2.45, 2.75) is 0 Å². The standard InChI is InChI=1S/C16H15N5O2S/c1-20-11-7-10(3-4-13(11)23-8-15(20)22)12-9-24-16(21(12)2)18-14-5-6-17-19-14/h3-7,9H,8H2,1-2H3,(H,17,19)/b18-16-. The van der Waals surface area contributed by atoms with Crippen LogP contribution >= 0.6 is 11.3 Å². The molecular weight excluding hydrogens is 326 g/mol. The Kier molecular flexibility index (Phi) is 3.46. The second kappa shape index (κ2) is 5.64. The van der Waals surface area contributed by atoms with Crippen molar-refractivity contribution < 1.29 is 9.53 Å². The molecule has 3 aromatic rings. The first-order chi connectivity index (χ1) is 11.6. The molecule has 0 bridgehead atoms. The van der Waals surface area contributed by atoms with Gasteiger partial charge in [-0.25, -0.2) is 4.99 Å². The van der Waals surface area contributed by atoms with Gasteiger partial charge in [0.25, 0.3) is 5.91 Å². The third-order valence-electron chi connectivity index (χ3n) is 3.97. The Bertz CT molecular complexity index is 971. The van der Waals surface area contributed by atoms with E-state index >= 15 is 0 Å². The number of rotatable bonds is 2. The molecule has 0 radical (unpaired) electrons. The van der Waals surface area contributed by atoms with Gasteiger partial charge in [-0.3, -0.25) is 9.89 Å². The maximum Gasteiger partial charge on any atom is 0.264 e. The van der Waals surface area contributed by atoms with Gasteiger partial charge in [0.15, 0.2) is 17.2 Å². The SMILES string of the molecule is CN1C(=O)COc2ccc(-c3cs/c(=N\c4ccn[nH]4)n3C)cc21. The number of thiazole rings is 1. The van der Waals surface area contributed by atoms with Gasteiger partial charge < -0.3 is 14.2 Å². The average Bonchev–Trinajstić information content (AvgIpc) is 3.22. The maximum absolute atomic E-state index is 11.8. The summed E-state index contributed by atoms with van der Waals surface area (Å²) in [5.74, 6) is 1.38. The highest BCUT2D eigenvalue weighted by atomic mass is 32.1. The summed E-state index contributed by atoms with van der Waals surface area (Å²) in [6.07, 6.45) is 1.67. The van der Waals surface area contributed by atoms with Gasteiger partial charge in [0.05, 0.1) is 17.6 Å². The number of aromatic amines is 1. The largest absolute Gasteiger partial charge is 0.482 e. The van der Waals surface area contributed by atoms with Crippen molar-refractivity contribution in [1.82, 2.24) is 14.8 Å². The number of benzene rings is 1. The zero-order chi connectivity index (χ0) is 16.7. The first-order valence-corrected chi connectivity index (χ1v) is 8.24. The zero-order valence-electron chi connectivity index (χ0n) is 13.2. The van der Waals surface area contributed by atoms with Crippen molar-refractivity contribution in [1.29, 1.82) is 0 Å².